The maximum Gasteiger partial charge on any atom is 0.327 e. The van der Waals surface area contributed by atoms with Crippen LogP contribution in [0.1, 0.15) is 37.4 Å². The molecule has 20 heavy (non-hydrogen) atoms. The van der Waals surface area contributed by atoms with Crippen molar-refractivity contribution < 1.29 is 9.90 Å². The normalized spacial score (nSPS) is 23.0. The Labute approximate surface area is 112 Å². The molecule has 1 aliphatic carbocycles. The number of imidazole rings is 1. The van der Waals surface area contributed by atoms with Gasteiger partial charge in [-0.2, -0.15) is 0 Å². The van der Waals surface area contributed by atoms with Crippen molar-refractivity contribution >= 4 is 17.1 Å². The van der Waals surface area contributed by atoms with Crippen molar-refractivity contribution in [3.8, 4) is 0 Å². The predicted octanol–water partition coefficient (Wildman–Crippen LogP) is 0.298. The van der Waals surface area contributed by atoms with Gasteiger partial charge in [0.25, 0.3) is 5.56 Å². The number of fused-ring (bicyclic) bond motifs is 1. The Hall–Kier alpha value is -2.38. The van der Waals surface area contributed by atoms with Gasteiger partial charge in [-0.25, -0.2) is 9.78 Å². The van der Waals surface area contributed by atoms with E-state index < -0.39 is 23.1 Å². The lowest BCUT2D eigenvalue weighted by Crippen LogP contribution is -2.26. The Morgan fingerprint density at radius 2 is 1.90 bits per heavy atom. The van der Waals surface area contributed by atoms with Crippen LogP contribution in [0.5, 0.6) is 0 Å². The predicted molar refractivity (Wildman–Crippen MR) is 69.7 cm³/mol. The molecule has 0 radical (unpaired) electrons. The largest absolute Gasteiger partial charge is 0.481 e. The summed E-state index contributed by atoms with van der Waals surface area (Å²) in [5.74, 6) is -1.15. The molecule has 2 aromatic rings. The quantitative estimate of drug-likeness (QED) is 0.627. The summed E-state index contributed by atoms with van der Waals surface area (Å²) in [7, 11) is 0. The van der Waals surface area contributed by atoms with E-state index in [0.717, 1.165) is 12.8 Å². The van der Waals surface area contributed by atoms with Crippen LogP contribution in [-0.2, 0) is 4.79 Å². The molecule has 0 spiro atoms. The van der Waals surface area contributed by atoms with Gasteiger partial charge in [-0.3, -0.25) is 19.6 Å². The van der Waals surface area contributed by atoms with Crippen LogP contribution in [0.2, 0.25) is 0 Å². The minimum Gasteiger partial charge on any atom is -0.481 e. The van der Waals surface area contributed by atoms with E-state index in [4.69, 9.17) is 0 Å². The lowest BCUT2D eigenvalue weighted by molar-refractivity contribution is -0.143. The number of hydrogen-bond acceptors (Lipinski definition) is 4. The molecule has 0 aliphatic heterocycles. The Kier molecular flexibility index (Phi) is 2.92. The fraction of sp³-hybridized carbons (Fsp3) is 0.500. The fourth-order valence-corrected chi connectivity index (χ4v) is 2.88. The third kappa shape index (κ3) is 2.02. The fourth-order valence-electron chi connectivity index (χ4n) is 2.88. The van der Waals surface area contributed by atoms with Gasteiger partial charge >= 0.3 is 11.7 Å². The number of hydrogen-bond donors (Lipinski definition) is 4. The third-order valence-electron chi connectivity index (χ3n) is 3.84. The first-order valence-corrected chi connectivity index (χ1v) is 6.51. The van der Waals surface area contributed by atoms with Crippen molar-refractivity contribution in [2.75, 3.05) is 0 Å². The Morgan fingerprint density at radius 1 is 1.15 bits per heavy atom. The minimum absolute atomic E-state index is 0.170. The van der Waals surface area contributed by atoms with Gasteiger partial charge < -0.3 is 10.1 Å². The number of aromatic amines is 3. The maximum atomic E-state index is 11.6. The number of carbonyl (C=O) groups is 1. The highest BCUT2D eigenvalue weighted by Crippen LogP contribution is 2.36. The van der Waals surface area contributed by atoms with E-state index in [1.807, 2.05) is 0 Å². The molecule has 2 atom stereocenters. The van der Waals surface area contributed by atoms with Crippen molar-refractivity contribution in [3.63, 3.8) is 0 Å². The van der Waals surface area contributed by atoms with Gasteiger partial charge in [-0.1, -0.05) is 12.8 Å². The summed E-state index contributed by atoms with van der Waals surface area (Å²) >= 11 is 0. The zero-order chi connectivity index (χ0) is 14.3. The summed E-state index contributed by atoms with van der Waals surface area (Å²) in [4.78, 5) is 45.8. The highest BCUT2D eigenvalue weighted by Gasteiger charge is 2.34. The van der Waals surface area contributed by atoms with E-state index in [-0.39, 0.29) is 17.1 Å². The van der Waals surface area contributed by atoms with E-state index in [1.165, 1.54) is 0 Å². The molecule has 2 heterocycles. The van der Waals surface area contributed by atoms with Crippen molar-refractivity contribution in [2.45, 2.75) is 31.6 Å². The topological polar surface area (TPSA) is 132 Å². The van der Waals surface area contributed by atoms with Gasteiger partial charge in [0.05, 0.1) is 5.92 Å². The number of H-pyrrole nitrogens is 3. The Morgan fingerprint density at radius 3 is 2.65 bits per heavy atom. The molecule has 0 bridgehead atoms. The molecule has 1 saturated carbocycles. The van der Waals surface area contributed by atoms with Crippen molar-refractivity contribution in [2.24, 2.45) is 5.92 Å². The highest BCUT2D eigenvalue weighted by atomic mass is 16.4. The summed E-state index contributed by atoms with van der Waals surface area (Å²) in [6.07, 6.45) is 3.12. The first-order chi connectivity index (χ1) is 9.56. The maximum absolute atomic E-state index is 11.6. The number of aliphatic carboxylic acids is 1. The van der Waals surface area contributed by atoms with Crippen LogP contribution in [0.15, 0.2) is 9.59 Å². The zero-order valence-corrected chi connectivity index (χ0v) is 10.6. The lowest BCUT2D eigenvalue weighted by Gasteiger charge is -2.26. The van der Waals surface area contributed by atoms with Gasteiger partial charge in [0.15, 0.2) is 5.65 Å². The molecular weight excluding hydrogens is 264 g/mol. The van der Waals surface area contributed by atoms with Gasteiger partial charge in [0.1, 0.15) is 11.3 Å². The second kappa shape index (κ2) is 4.62. The number of carboxylic acids is 1. The zero-order valence-electron chi connectivity index (χ0n) is 10.6. The Bertz CT molecular complexity index is 772. The molecule has 0 aromatic carbocycles. The van der Waals surface area contributed by atoms with Crippen LogP contribution in [0.25, 0.3) is 11.2 Å². The molecule has 0 saturated heterocycles. The SMILES string of the molecule is O=C(O)C1CCCCC1c1nc2[nH]c(=O)[nH]c(=O)c2[nH]1. The smallest absolute Gasteiger partial charge is 0.327 e. The van der Waals surface area contributed by atoms with Crippen molar-refractivity contribution in [1.82, 2.24) is 19.9 Å². The van der Waals surface area contributed by atoms with Gasteiger partial charge in [-0.15, -0.1) is 0 Å². The molecule has 1 fully saturated rings. The average molecular weight is 278 g/mol. The number of nitrogens with zero attached hydrogens (tertiary/aromatic N) is 1. The Balaban J connectivity index is 2.09. The highest BCUT2D eigenvalue weighted by molar-refractivity contribution is 5.72. The molecule has 1 aliphatic rings. The van der Waals surface area contributed by atoms with E-state index in [9.17, 15) is 19.5 Å². The van der Waals surface area contributed by atoms with E-state index >= 15 is 0 Å². The van der Waals surface area contributed by atoms with Crippen LogP contribution in [-0.4, -0.2) is 31.0 Å². The van der Waals surface area contributed by atoms with Crippen LogP contribution >= 0.6 is 0 Å². The molecule has 3 rings (SSSR count). The molecule has 106 valence electrons. The molecule has 8 nitrogen and oxygen atoms in total. The minimum atomic E-state index is -0.849. The lowest BCUT2D eigenvalue weighted by atomic mass is 9.79. The third-order valence-corrected chi connectivity index (χ3v) is 3.84. The van der Waals surface area contributed by atoms with E-state index in [1.54, 1.807) is 0 Å². The summed E-state index contributed by atoms with van der Waals surface area (Å²) in [5.41, 5.74) is -0.832. The van der Waals surface area contributed by atoms with Crippen molar-refractivity contribution in [3.05, 3.63) is 26.7 Å². The van der Waals surface area contributed by atoms with Crippen LogP contribution in [0.3, 0.4) is 0 Å². The second-order valence-corrected chi connectivity index (χ2v) is 5.09. The summed E-state index contributed by atoms with van der Waals surface area (Å²) in [6, 6.07) is 0. The number of carboxylic acid groups (broad SMARTS) is 1. The van der Waals surface area contributed by atoms with Gasteiger partial charge in [0.2, 0.25) is 0 Å². The van der Waals surface area contributed by atoms with Crippen LogP contribution in [0, 0.1) is 5.92 Å². The van der Waals surface area contributed by atoms with E-state index in [0.29, 0.717) is 18.7 Å². The second-order valence-electron chi connectivity index (χ2n) is 5.09. The van der Waals surface area contributed by atoms with E-state index in [2.05, 4.69) is 19.9 Å². The molecular formula is C12H14N4O4. The molecule has 0 amide bonds. The average Bonchev–Trinajstić information content (AvgIpc) is 2.82. The van der Waals surface area contributed by atoms with Gasteiger partial charge in [-0.05, 0) is 12.8 Å². The van der Waals surface area contributed by atoms with Crippen molar-refractivity contribution in [1.29, 1.82) is 0 Å². The molecule has 2 unspecified atom stereocenters. The standard InChI is InChI=1S/C12H14N4O4/c17-10-7-9(15-12(20)16-10)14-8(13-7)5-3-1-2-4-6(5)11(18)19/h5-6H,1-4H2,(H,18,19)(H3,13,14,15,16,17,20). The summed E-state index contributed by atoms with van der Waals surface area (Å²) in [6.45, 7) is 0. The number of nitrogens with one attached hydrogen (secondary N) is 3. The number of rotatable bonds is 2. The monoisotopic (exact) mass is 278 g/mol. The molecule has 8 heteroatoms. The summed E-state index contributed by atoms with van der Waals surface area (Å²) < 4.78 is 0. The van der Waals surface area contributed by atoms with Crippen LogP contribution in [0.4, 0.5) is 0 Å². The molecule has 2 aromatic heterocycles. The van der Waals surface area contributed by atoms with Gasteiger partial charge in [0, 0.05) is 5.92 Å². The first kappa shape index (κ1) is 12.6. The molecule has 4 N–H and O–H groups in total. The number of aromatic nitrogens is 4. The first-order valence-electron chi connectivity index (χ1n) is 6.51. The summed E-state index contributed by atoms with van der Waals surface area (Å²) in [5, 5.41) is 9.28. The van der Waals surface area contributed by atoms with Crippen LogP contribution < -0.4 is 11.2 Å².